The summed E-state index contributed by atoms with van der Waals surface area (Å²) in [5.41, 5.74) is -3.12. The predicted octanol–water partition coefficient (Wildman–Crippen LogP) is 3.17. The zero-order valence-corrected chi connectivity index (χ0v) is 21.2. The first-order valence-corrected chi connectivity index (χ1v) is 12.8. The minimum atomic E-state index is -2.02. The third-order valence-electron chi connectivity index (χ3n) is 10.3. The van der Waals surface area contributed by atoms with Gasteiger partial charge < -0.3 is 38.7 Å². The van der Waals surface area contributed by atoms with Crippen LogP contribution in [0.15, 0.2) is 34.7 Å². The molecule has 7 rings (SSSR count). The number of rotatable bonds is 2. The largest absolute Gasteiger partial charge is 0.472 e. The molecule has 0 aromatic carbocycles. The van der Waals surface area contributed by atoms with Gasteiger partial charge >= 0.3 is 0 Å². The fourth-order valence-electron chi connectivity index (χ4n) is 8.99. The van der Waals surface area contributed by atoms with Crippen LogP contribution in [0.1, 0.15) is 72.5 Å². The first-order valence-electron chi connectivity index (χ1n) is 12.8. The Labute approximate surface area is 205 Å². The van der Waals surface area contributed by atoms with E-state index in [1.54, 1.807) is 19.5 Å². The Morgan fingerprint density at radius 2 is 1.74 bits per heavy atom. The molecule has 0 amide bonds. The summed E-state index contributed by atoms with van der Waals surface area (Å²) in [5.74, 6) is -4.89. The third kappa shape index (κ3) is 2.31. The molecule has 5 fully saturated rings. The summed E-state index contributed by atoms with van der Waals surface area (Å²) < 4.78 is 32.5. The van der Waals surface area contributed by atoms with E-state index < -0.39 is 57.7 Å². The van der Waals surface area contributed by atoms with E-state index in [0.29, 0.717) is 12.0 Å². The Balaban J connectivity index is 1.54. The molecule has 2 aliphatic carbocycles. The predicted molar refractivity (Wildman–Crippen MR) is 122 cm³/mol. The van der Waals surface area contributed by atoms with Crippen molar-refractivity contribution in [2.24, 2.45) is 22.7 Å². The van der Waals surface area contributed by atoms with E-state index in [-0.39, 0.29) is 24.7 Å². The van der Waals surface area contributed by atoms with Gasteiger partial charge in [0.1, 0.15) is 17.8 Å². The van der Waals surface area contributed by atoms with Crippen molar-refractivity contribution in [3.8, 4) is 0 Å². The van der Waals surface area contributed by atoms with Crippen LogP contribution in [-0.2, 0) is 18.9 Å². The summed E-state index contributed by atoms with van der Waals surface area (Å²) in [4.78, 5) is 0. The molecule has 3 N–H and O–H groups in total. The maximum absolute atomic E-state index is 12.6. The highest BCUT2D eigenvalue weighted by Crippen LogP contribution is 2.76. The van der Waals surface area contributed by atoms with Crippen LogP contribution < -0.4 is 0 Å². The summed E-state index contributed by atoms with van der Waals surface area (Å²) in [6, 6.07) is 1.88. The Morgan fingerprint density at radius 3 is 2.40 bits per heavy atom. The second-order valence-corrected chi connectivity index (χ2v) is 13.3. The molecule has 5 bridgehead atoms. The van der Waals surface area contributed by atoms with Crippen molar-refractivity contribution in [3.05, 3.63) is 35.8 Å². The molecule has 0 unspecified atom stereocenters. The number of fused-ring (bicyclic) bond motifs is 2. The summed E-state index contributed by atoms with van der Waals surface area (Å²) >= 11 is 0. The molecular weight excluding hydrogens is 452 g/mol. The summed E-state index contributed by atoms with van der Waals surface area (Å²) in [5, 5.41) is 36.8. The lowest BCUT2D eigenvalue weighted by molar-refractivity contribution is -0.443. The number of aliphatic hydroxyl groups is 3. The summed E-state index contributed by atoms with van der Waals surface area (Å²) in [7, 11) is 0. The quantitative estimate of drug-likeness (QED) is 0.545. The van der Waals surface area contributed by atoms with Crippen molar-refractivity contribution >= 4 is 0 Å². The normalized spacial score (nSPS) is 57.3. The van der Waals surface area contributed by atoms with Crippen LogP contribution in [-0.4, -0.2) is 56.1 Å². The topological polar surface area (TPSA) is 111 Å². The molecule has 4 saturated heterocycles. The van der Waals surface area contributed by atoms with Gasteiger partial charge in [-0.25, -0.2) is 0 Å². The first-order chi connectivity index (χ1) is 16.2. The van der Waals surface area contributed by atoms with Gasteiger partial charge in [0.15, 0.2) is 17.2 Å². The first kappa shape index (κ1) is 22.9. The number of furan rings is 1. The molecule has 192 valence electrons. The number of ether oxygens (including phenoxy) is 4. The molecule has 1 spiro atoms. The number of hydrogen-bond acceptors (Lipinski definition) is 8. The second kappa shape index (κ2) is 6.07. The molecule has 1 aromatic rings. The highest BCUT2D eigenvalue weighted by atomic mass is 16.8. The lowest BCUT2D eigenvalue weighted by Gasteiger charge is -2.68. The van der Waals surface area contributed by atoms with Crippen molar-refractivity contribution in [2.45, 2.75) is 108 Å². The summed E-state index contributed by atoms with van der Waals surface area (Å²) in [6.07, 6.45) is 3.68. The van der Waals surface area contributed by atoms with Gasteiger partial charge in [0.05, 0.1) is 18.6 Å². The standard InChI is InChI=1S/C27H36O8/c1-14(2)25-10-17-22(6,18(32-25)16-7-8-31-11-16)12-23(28)13-24(17)20(34-25)26(29)19(33-23)21(4,5)9-15(3)27(26,30)35-24/h7-9,11,14,17-20,28-30H,10,12-13H2,1-6H3/t17-,18+,19-,20+,22-,23+,24-,25+,26+,27-/m1/s1. The van der Waals surface area contributed by atoms with E-state index in [9.17, 15) is 15.3 Å². The Bertz CT molecular complexity index is 1130. The van der Waals surface area contributed by atoms with E-state index in [4.69, 9.17) is 23.4 Å². The van der Waals surface area contributed by atoms with Crippen molar-refractivity contribution in [1.82, 2.24) is 0 Å². The van der Waals surface area contributed by atoms with E-state index in [2.05, 4.69) is 20.8 Å². The highest BCUT2D eigenvalue weighted by Gasteiger charge is 2.88. The highest BCUT2D eigenvalue weighted by molar-refractivity contribution is 5.40. The number of hydrogen-bond donors (Lipinski definition) is 3. The minimum Gasteiger partial charge on any atom is -0.472 e. The maximum Gasteiger partial charge on any atom is 0.223 e. The van der Waals surface area contributed by atoms with Crippen LogP contribution in [0.2, 0.25) is 0 Å². The molecule has 1 saturated carbocycles. The fourth-order valence-corrected chi connectivity index (χ4v) is 8.99. The van der Waals surface area contributed by atoms with E-state index in [0.717, 1.165) is 5.56 Å². The second-order valence-electron chi connectivity index (χ2n) is 13.3. The SMILES string of the molecule is CC1=CC(C)(C)[C@H]2O[C@@]3(O)C[C@]4(C)[C@H]5C[C@](C(C)C)(O[C@H]4c4ccoc4)O[C@H]4[C@]5(C3)O[C@@]1(O)[C@]24O. The van der Waals surface area contributed by atoms with Crippen LogP contribution in [0, 0.1) is 22.7 Å². The molecule has 1 aromatic heterocycles. The molecule has 6 aliphatic rings. The average molecular weight is 489 g/mol. The minimum absolute atomic E-state index is 0.0501. The monoisotopic (exact) mass is 488 g/mol. The van der Waals surface area contributed by atoms with Crippen LogP contribution in [0.25, 0.3) is 0 Å². The van der Waals surface area contributed by atoms with Crippen molar-refractivity contribution in [2.75, 3.05) is 0 Å². The maximum atomic E-state index is 12.6. The van der Waals surface area contributed by atoms with Gasteiger partial charge in [0.25, 0.3) is 0 Å². The van der Waals surface area contributed by atoms with Crippen LogP contribution in [0.5, 0.6) is 0 Å². The summed E-state index contributed by atoms with van der Waals surface area (Å²) in [6.45, 7) is 11.9. The molecule has 8 nitrogen and oxygen atoms in total. The average Bonchev–Trinajstić information content (AvgIpc) is 3.31. The lowest BCUT2D eigenvalue weighted by atomic mass is 9.49. The van der Waals surface area contributed by atoms with Gasteiger partial charge in [0.2, 0.25) is 5.79 Å². The lowest BCUT2D eigenvalue weighted by Crippen LogP contribution is -2.75. The Kier molecular flexibility index (Phi) is 3.97. The smallest absolute Gasteiger partial charge is 0.223 e. The van der Waals surface area contributed by atoms with E-state index >= 15 is 0 Å². The zero-order chi connectivity index (χ0) is 25.0. The van der Waals surface area contributed by atoms with Crippen molar-refractivity contribution in [3.63, 3.8) is 0 Å². The molecule has 5 heterocycles. The third-order valence-corrected chi connectivity index (χ3v) is 10.3. The molecule has 0 radical (unpaired) electrons. The van der Waals surface area contributed by atoms with Crippen LogP contribution in [0.4, 0.5) is 0 Å². The van der Waals surface area contributed by atoms with Crippen molar-refractivity contribution in [1.29, 1.82) is 0 Å². The van der Waals surface area contributed by atoms with E-state index in [1.165, 1.54) is 0 Å². The van der Waals surface area contributed by atoms with Gasteiger partial charge in [-0.2, -0.15) is 0 Å². The van der Waals surface area contributed by atoms with Gasteiger partial charge in [-0.15, -0.1) is 0 Å². The van der Waals surface area contributed by atoms with Crippen molar-refractivity contribution < 1.29 is 38.7 Å². The fraction of sp³-hybridized carbons (Fsp3) is 0.778. The molecule has 4 aliphatic heterocycles. The van der Waals surface area contributed by atoms with Gasteiger partial charge in [0, 0.05) is 47.5 Å². The molecule has 35 heavy (non-hydrogen) atoms. The Morgan fingerprint density at radius 1 is 1.00 bits per heavy atom. The van der Waals surface area contributed by atoms with Gasteiger partial charge in [-0.3, -0.25) is 0 Å². The molecule has 8 heteroatoms. The zero-order valence-electron chi connectivity index (χ0n) is 21.2. The van der Waals surface area contributed by atoms with E-state index in [1.807, 2.05) is 26.0 Å². The van der Waals surface area contributed by atoms with Crippen LogP contribution >= 0.6 is 0 Å². The molecular formula is C27H36O8. The van der Waals surface area contributed by atoms with Crippen LogP contribution in [0.3, 0.4) is 0 Å². The Hall–Kier alpha value is -1.26. The van der Waals surface area contributed by atoms with Gasteiger partial charge in [-0.1, -0.05) is 40.7 Å². The molecule has 10 atom stereocenters. The van der Waals surface area contributed by atoms with Gasteiger partial charge in [-0.05, 0) is 18.6 Å².